The minimum Gasteiger partial charge on any atom is -0.427 e. The lowest BCUT2D eigenvalue weighted by molar-refractivity contribution is 0.130. The van der Waals surface area contributed by atoms with Crippen LogP contribution >= 0.6 is 0 Å². The molecule has 4 heteroatoms. The summed E-state index contributed by atoms with van der Waals surface area (Å²) in [6, 6.07) is 9.21. The standard InChI is InChI=1S/C19H30BNO2/c21-19(7-3-4-8-20(22)23)18-12-15(13-18)9-14-10-16-5-1-2-6-17(16)11-14/h1-2,5-6,14-15,18-19,22-23H,3-4,7-13,21H2. The van der Waals surface area contributed by atoms with Crippen molar-refractivity contribution in [3.63, 3.8) is 0 Å². The fourth-order valence-electron chi connectivity index (χ4n) is 4.56. The lowest BCUT2D eigenvalue weighted by Crippen LogP contribution is -2.39. The lowest BCUT2D eigenvalue weighted by atomic mass is 9.67. The van der Waals surface area contributed by atoms with Crippen LogP contribution in [0.15, 0.2) is 24.3 Å². The van der Waals surface area contributed by atoms with Crippen LogP contribution < -0.4 is 5.73 Å². The Bertz CT molecular complexity index is 477. The van der Waals surface area contributed by atoms with E-state index in [1.165, 1.54) is 32.1 Å². The van der Waals surface area contributed by atoms with Gasteiger partial charge in [-0.2, -0.15) is 0 Å². The Kier molecular flexibility index (Phi) is 5.78. The van der Waals surface area contributed by atoms with E-state index in [4.69, 9.17) is 15.8 Å². The van der Waals surface area contributed by atoms with Gasteiger partial charge >= 0.3 is 7.12 Å². The molecule has 0 heterocycles. The predicted octanol–water partition coefficient (Wildman–Crippen LogP) is 2.79. The Morgan fingerprint density at radius 2 is 1.70 bits per heavy atom. The van der Waals surface area contributed by atoms with Gasteiger partial charge in [-0.1, -0.05) is 37.1 Å². The molecule has 0 saturated heterocycles. The molecule has 3 rings (SSSR count). The Morgan fingerprint density at radius 3 is 2.30 bits per heavy atom. The molecular formula is C19H30BNO2. The molecule has 0 bridgehead atoms. The van der Waals surface area contributed by atoms with Crippen LogP contribution in [0.25, 0.3) is 0 Å². The molecule has 1 aromatic rings. The molecule has 0 aromatic heterocycles. The van der Waals surface area contributed by atoms with Crippen molar-refractivity contribution in [1.29, 1.82) is 0 Å². The van der Waals surface area contributed by atoms with Gasteiger partial charge in [0.25, 0.3) is 0 Å². The smallest absolute Gasteiger partial charge is 0.427 e. The van der Waals surface area contributed by atoms with Gasteiger partial charge in [0.05, 0.1) is 0 Å². The predicted molar refractivity (Wildman–Crippen MR) is 95.0 cm³/mol. The number of hydrogen-bond acceptors (Lipinski definition) is 3. The molecular weight excluding hydrogens is 285 g/mol. The first-order chi connectivity index (χ1) is 11.1. The molecule has 2 aliphatic carbocycles. The zero-order chi connectivity index (χ0) is 16.2. The third-order valence-electron chi connectivity index (χ3n) is 5.93. The molecule has 0 aliphatic heterocycles. The first-order valence-corrected chi connectivity index (χ1v) is 9.30. The van der Waals surface area contributed by atoms with Crippen LogP contribution in [0.4, 0.5) is 0 Å². The summed E-state index contributed by atoms with van der Waals surface area (Å²) in [6.07, 6.45) is 9.89. The monoisotopic (exact) mass is 315 g/mol. The third kappa shape index (κ3) is 4.59. The van der Waals surface area contributed by atoms with E-state index < -0.39 is 7.12 Å². The molecule has 3 nitrogen and oxygen atoms in total. The second kappa shape index (κ2) is 7.82. The first kappa shape index (κ1) is 17.0. The quantitative estimate of drug-likeness (QED) is 0.510. The Balaban J connectivity index is 1.31. The largest absolute Gasteiger partial charge is 0.451 e. The highest BCUT2D eigenvalue weighted by atomic mass is 16.4. The maximum Gasteiger partial charge on any atom is 0.451 e. The van der Waals surface area contributed by atoms with Gasteiger partial charge in [-0.3, -0.25) is 0 Å². The van der Waals surface area contributed by atoms with Gasteiger partial charge in [0.15, 0.2) is 0 Å². The second-order valence-corrected chi connectivity index (χ2v) is 7.81. The zero-order valence-electron chi connectivity index (χ0n) is 14.0. The van der Waals surface area contributed by atoms with Crippen molar-refractivity contribution in [2.24, 2.45) is 23.5 Å². The number of nitrogens with two attached hydrogens (primary N) is 1. The van der Waals surface area contributed by atoms with E-state index in [9.17, 15) is 0 Å². The topological polar surface area (TPSA) is 66.5 Å². The van der Waals surface area contributed by atoms with Crippen LogP contribution in [0, 0.1) is 17.8 Å². The van der Waals surface area contributed by atoms with Crippen LogP contribution in [-0.4, -0.2) is 23.2 Å². The third-order valence-corrected chi connectivity index (χ3v) is 5.93. The van der Waals surface area contributed by atoms with Gasteiger partial charge in [0.1, 0.15) is 0 Å². The molecule has 0 radical (unpaired) electrons. The van der Waals surface area contributed by atoms with E-state index in [0.717, 1.165) is 31.1 Å². The van der Waals surface area contributed by atoms with E-state index in [1.807, 2.05) is 0 Å². The summed E-state index contributed by atoms with van der Waals surface area (Å²) >= 11 is 0. The Morgan fingerprint density at radius 1 is 1.04 bits per heavy atom. The summed E-state index contributed by atoms with van der Waals surface area (Å²) < 4.78 is 0. The second-order valence-electron chi connectivity index (χ2n) is 7.81. The van der Waals surface area contributed by atoms with Crippen molar-refractivity contribution in [3.05, 3.63) is 35.4 Å². The fraction of sp³-hybridized carbons (Fsp3) is 0.684. The molecule has 0 amide bonds. The summed E-state index contributed by atoms with van der Waals surface area (Å²) in [5.41, 5.74) is 9.44. The average Bonchev–Trinajstić information content (AvgIpc) is 2.89. The summed E-state index contributed by atoms with van der Waals surface area (Å²) in [6.45, 7) is 0. The molecule has 1 fully saturated rings. The molecule has 4 N–H and O–H groups in total. The summed E-state index contributed by atoms with van der Waals surface area (Å²) in [5.74, 6) is 2.42. The highest BCUT2D eigenvalue weighted by Gasteiger charge is 2.35. The van der Waals surface area contributed by atoms with Crippen LogP contribution in [0.1, 0.15) is 49.7 Å². The normalized spacial score (nSPS) is 25.0. The number of benzene rings is 1. The highest BCUT2D eigenvalue weighted by molar-refractivity contribution is 6.40. The molecule has 1 aromatic carbocycles. The van der Waals surface area contributed by atoms with Gasteiger partial charge in [-0.25, -0.2) is 0 Å². The minimum absolute atomic E-state index is 0.308. The minimum atomic E-state index is -1.16. The maximum atomic E-state index is 8.84. The Hall–Kier alpha value is -0.835. The molecule has 126 valence electrons. The fourth-order valence-corrected chi connectivity index (χ4v) is 4.56. The van der Waals surface area contributed by atoms with E-state index in [0.29, 0.717) is 18.3 Å². The van der Waals surface area contributed by atoms with Crippen LogP contribution in [0.5, 0.6) is 0 Å². The van der Waals surface area contributed by atoms with Crippen molar-refractivity contribution >= 4 is 7.12 Å². The number of hydrogen-bond donors (Lipinski definition) is 3. The summed E-state index contributed by atoms with van der Waals surface area (Å²) in [7, 11) is -1.16. The first-order valence-electron chi connectivity index (χ1n) is 9.30. The van der Waals surface area contributed by atoms with Gasteiger partial charge < -0.3 is 15.8 Å². The van der Waals surface area contributed by atoms with E-state index in [1.54, 1.807) is 11.1 Å². The molecule has 2 aliphatic rings. The SMILES string of the molecule is NC(CCCCB(O)O)C1CC(CC2Cc3ccccc3C2)C1. The Labute approximate surface area is 140 Å². The van der Waals surface area contributed by atoms with Crippen molar-refractivity contribution in [2.75, 3.05) is 0 Å². The van der Waals surface area contributed by atoms with Crippen LogP contribution in [-0.2, 0) is 12.8 Å². The van der Waals surface area contributed by atoms with Crippen molar-refractivity contribution in [1.82, 2.24) is 0 Å². The number of unbranched alkanes of at least 4 members (excludes halogenated alkanes) is 1. The van der Waals surface area contributed by atoms with Crippen molar-refractivity contribution in [3.8, 4) is 0 Å². The number of fused-ring (bicyclic) bond motifs is 1. The maximum absolute atomic E-state index is 8.84. The van der Waals surface area contributed by atoms with E-state index in [-0.39, 0.29) is 0 Å². The van der Waals surface area contributed by atoms with Gasteiger partial charge in [-0.05, 0) is 73.7 Å². The lowest BCUT2D eigenvalue weighted by Gasteiger charge is -2.40. The van der Waals surface area contributed by atoms with E-state index >= 15 is 0 Å². The van der Waals surface area contributed by atoms with Gasteiger partial charge in [0.2, 0.25) is 0 Å². The average molecular weight is 315 g/mol. The van der Waals surface area contributed by atoms with Crippen LogP contribution in [0.3, 0.4) is 0 Å². The van der Waals surface area contributed by atoms with Gasteiger partial charge in [0, 0.05) is 6.04 Å². The molecule has 1 saturated carbocycles. The van der Waals surface area contributed by atoms with Crippen LogP contribution in [0.2, 0.25) is 6.32 Å². The highest BCUT2D eigenvalue weighted by Crippen LogP contribution is 2.43. The van der Waals surface area contributed by atoms with Crippen molar-refractivity contribution in [2.45, 2.75) is 63.7 Å². The number of rotatable bonds is 8. The molecule has 1 atom stereocenters. The zero-order valence-corrected chi connectivity index (χ0v) is 14.0. The van der Waals surface area contributed by atoms with Gasteiger partial charge in [-0.15, -0.1) is 0 Å². The molecule has 1 unspecified atom stereocenters. The summed E-state index contributed by atoms with van der Waals surface area (Å²) in [5, 5.41) is 17.7. The molecule has 0 spiro atoms. The summed E-state index contributed by atoms with van der Waals surface area (Å²) in [4.78, 5) is 0. The van der Waals surface area contributed by atoms with Crippen molar-refractivity contribution < 1.29 is 10.0 Å². The van der Waals surface area contributed by atoms with E-state index in [2.05, 4.69) is 24.3 Å². The molecule has 23 heavy (non-hydrogen) atoms.